The Hall–Kier alpha value is -0.343. The van der Waals surface area contributed by atoms with Gasteiger partial charge in [-0.2, -0.15) is 0 Å². The summed E-state index contributed by atoms with van der Waals surface area (Å²) in [6.07, 6.45) is 8.21. The Morgan fingerprint density at radius 2 is 2.17 bits per heavy atom. The lowest BCUT2D eigenvalue weighted by Crippen LogP contribution is -2.43. The van der Waals surface area contributed by atoms with Gasteiger partial charge in [0.15, 0.2) is 8.32 Å². The molecule has 0 aromatic heterocycles. The molecule has 1 nitrogen and oxygen atoms in total. The van der Waals surface area contributed by atoms with Crippen molar-refractivity contribution >= 4 is 8.32 Å². The molecule has 104 valence electrons. The minimum atomic E-state index is -1.55. The molecule has 1 rings (SSSR count). The second-order valence-electron chi connectivity index (χ2n) is 6.71. The van der Waals surface area contributed by atoms with Gasteiger partial charge >= 0.3 is 0 Å². The van der Waals surface area contributed by atoms with Gasteiger partial charge in [-0.25, -0.2) is 0 Å². The molecule has 0 fully saturated rings. The van der Waals surface area contributed by atoms with Gasteiger partial charge in [0.2, 0.25) is 0 Å². The fourth-order valence-corrected chi connectivity index (χ4v) is 5.38. The van der Waals surface area contributed by atoms with Crippen LogP contribution in [0.15, 0.2) is 23.8 Å². The number of hydrogen-bond acceptors (Lipinski definition) is 1. The molecule has 0 aromatic rings. The summed E-state index contributed by atoms with van der Waals surface area (Å²) in [4.78, 5) is 0. The zero-order chi connectivity index (χ0) is 13.8. The van der Waals surface area contributed by atoms with Crippen LogP contribution in [-0.4, -0.2) is 13.9 Å². The number of hydrogen-bond donors (Lipinski definition) is 0. The van der Waals surface area contributed by atoms with Gasteiger partial charge in [0.05, 0.1) is 5.60 Å². The molecule has 2 heteroatoms. The zero-order valence-corrected chi connectivity index (χ0v) is 13.9. The van der Waals surface area contributed by atoms with Crippen LogP contribution in [0.4, 0.5) is 0 Å². The average molecular weight is 267 g/mol. The first-order valence-electron chi connectivity index (χ1n) is 7.29. The Morgan fingerprint density at radius 3 is 2.72 bits per heavy atom. The number of unbranched alkanes of at least 4 members (excludes halogenated alkanes) is 1. The molecular weight excluding hydrogens is 236 g/mol. The fraction of sp³-hybridized carbons (Fsp3) is 0.750. The van der Waals surface area contributed by atoms with E-state index in [9.17, 15) is 0 Å². The first kappa shape index (κ1) is 15.7. The van der Waals surface area contributed by atoms with Crippen LogP contribution in [0.2, 0.25) is 19.1 Å². The second kappa shape index (κ2) is 6.20. The Morgan fingerprint density at radius 1 is 1.50 bits per heavy atom. The van der Waals surface area contributed by atoms with E-state index in [1.807, 2.05) is 0 Å². The lowest BCUT2D eigenvalue weighted by Gasteiger charge is -2.39. The van der Waals surface area contributed by atoms with Crippen molar-refractivity contribution in [1.29, 1.82) is 0 Å². The Kier molecular flexibility index (Phi) is 5.41. The van der Waals surface area contributed by atoms with Crippen LogP contribution in [0.3, 0.4) is 0 Å². The maximum Gasteiger partial charge on any atom is 0.191 e. The molecule has 0 aromatic carbocycles. The highest BCUT2D eigenvalue weighted by Crippen LogP contribution is 2.39. The van der Waals surface area contributed by atoms with Gasteiger partial charge < -0.3 is 4.43 Å². The minimum Gasteiger partial charge on any atom is -0.411 e. The SMILES string of the molecule is C=C(C)C[C@]1(CCCC)CC(C)=CC[Si](C)(C)O1. The summed E-state index contributed by atoms with van der Waals surface area (Å²) in [7, 11) is -1.55. The minimum absolute atomic E-state index is 0.0364. The van der Waals surface area contributed by atoms with Crippen LogP contribution in [0.1, 0.15) is 52.9 Å². The maximum absolute atomic E-state index is 6.70. The van der Waals surface area contributed by atoms with Gasteiger partial charge in [0, 0.05) is 0 Å². The number of rotatable bonds is 5. The lowest BCUT2D eigenvalue weighted by molar-refractivity contribution is 0.0506. The van der Waals surface area contributed by atoms with E-state index in [0.29, 0.717) is 0 Å². The second-order valence-corrected chi connectivity index (χ2v) is 10.8. The quantitative estimate of drug-likeness (QED) is 0.474. The van der Waals surface area contributed by atoms with Crippen molar-refractivity contribution in [3.63, 3.8) is 0 Å². The van der Waals surface area contributed by atoms with E-state index in [0.717, 1.165) is 18.9 Å². The van der Waals surface area contributed by atoms with Crippen LogP contribution in [0.5, 0.6) is 0 Å². The zero-order valence-electron chi connectivity index (χ0n) is 12.9. The Balaban J connectivity index is 2.97. The molecule has 0 aliphatic carbocycles. The molecule has 18 heavy (non-hydrogen) atoms. The van der Waals surface area contributed by atoms with Crippen molar-refractivity contribution in [2.24, 2.45) is 0 Å². The van der Waals surface area contributed by atoms with Gasteiger partial charge in [-0.3, -0.25) is 0 Å². The molecule has 0 unspecified atom stereocenters. The molecule has 1 aliphatic heterocycles. The van der Waals surface area contributed by atoms with E-state index in [1.165, 1.54) is 30.4 Å². The van der Waals surface area contributed by atoms with E-state index in [4.69, 9.17) is 4.43 Å². The van der Waals surface area contributed by atoms with Crippen molar-refractivity contribution in [3.05, 3.63) is 23.8 Å². The Labute approximate surface area is 114 Å². The van der Waals surface area contributed by atoms with Crippen LogP contribution in [-0.2, 0) is 4.43 Å². The highest BCUT2D eigenvalue weighted by atomic mass is 28.4. The Bertz CT molecular complexity index is 330. The molecule has 0 radical (unpaired) electrons. The molecule has 0 spiro atoms. The lowest BCUT2D eigenvalue weighted by atomic mass is 9.84. The van der Waals surface area contributed by atoms with Crippen molar-refractivity contribution in [1.82, 2.24) is 0 Å². The smallest absolute Gasteiger partial charge is 0.191 e. The number of allylic oxidation sites excluding steroid dienone is 1. The van der Waals surface area contributed by atoms with Gasteiger partial charge in [0.25, 0.3) is 0 Å². The summed E-state index contributed by atoms with van der Waals surface area (Å²) >= 11 is 0. The summed E-state index contributed by atoms with van der Waals surface area (Å²) in [5.41, 5.74) is 2.80. The molecule has 0 saturated carbocycles. The molecule has 1 atom stereocenters. The van der Waals surface area contributed by atoms with E-state index >= 15 is 0 Å². The predicted octanol–water partition coefficient (Wildman–Crippen LogP) is 5.45. The fourth-order valence-electron chi connectivity index (χ4n) is 3.04. The van der Waals surface area contributed by atoms with E-state index in [1.54, 1.807) is 0 Å². The van der Waals surface area contributed by atoms with Crippen LogP contribution in [0, 0.1) is 0 Å². The van der Waals surface area contributed by atoms with Crippen molar-refractivity contribution < 1.29 is 4.43 Å². The highest BCUT2D eigenvalue weighted by molar-refractivity contribution is 6.71. The van der Waals surface area contributed by atoms with E-state index < -0.39 is 8.32 Å². The van der Waals surface area contributed by atoms with Gasteiger partial charge in [-0.05, 0) is 52.2 Å². The van der Waals surface area contributed by atoms with Crippen molar-refractivity contribution in [2.75, 3.05) is 0 Å². The first-order valence-corrected chi connectivity index (χ1v) is 10.4. The summed E-state index contributed by atoms with van der Waals surface area (Å²) in [5, 5.41) is 0. The molecular formula is C16H30OSi. The van der Waals surface area contributed by atoms with Gasteiger partial charge in [-0.1, -0.05) is 37.0 Å². The third kappa shape index (κ3) is 4.73. The largest absolute Gasteiger partial charge is 0.411 e. The maximum atomic E-state index is 6.70. The van der Waals surface area contributed by atoms with Gasteiger partial charge in [0.1, 0.15) is 0 Å². The summed E-state index contributed by atoms with van der Waals surface area (Å²) < 4.78 is 6.70. The van der Waals surface area contributed by atoms with E-state index in [-0.39, 0.29) is 5.60 Å². The van der Waals surface area contributed by atoms with Crippen molar-refractivity contribution in [3.8, 4) is 0 Å². The third-order valence-electron chi connectivity index (χ3n) is 3.65. The van der Waals surface area contributed by atoms with Crippen LogP contribution < -0.4 is 0 Å². The molecule has 0 saturated heterocycles. The molecule has 0 N–H and O–H groups in total. The topological polar surface area (TPSA) is 9.23 Å². The normalized spacial score (nSPS) is 27.5. The van der Waals surface area contributed by atoms with Crippen LogP contribution >= 0.6 is 0 Å². The van der Waals surface area contributed by atoms with Crippen LogP contribution in [0.25, 0.3) is 0 Å². The predicted molar refractivity (Wildman–Crippen MR) is 83.4 cm³/mol. The molecule has 1 heterocycles. The third-order valence-corrected chi connectivity index (χ3v) is 5.82. The molecule has 0 amide bonds. The van der Waals surface area contributed by atoms with Crippen molar-refractivity contribution in [2.45, 2.75) is 77.6 Å². The summed E-state index contributed by atoms with van der Waals surface area (Å²) in [5.74, 6) is 0. The average Bonchev–Trinajstić information content (AvgIpc) is 2.32. The highest BCUT2D eigenvalue weighted by Gasteiger charge is 2.39. The summed E-state index contributed by atoms with van der Waals surface area (Å²) in [6, 6.07) is 1.16. The summed E-state index contributed by atoms with van der Waals surface area (Å²) in [6.45, 7) is 15.5. The molecule has 0 bridgehead atoms. The van der Waals surface area contributed by atoms with Gasteiger partial charge in [-0.15, -0.1) is 6.58 Å². The first-order chi connectivity index (χ1) is 8.29. The monoisotopic (exact) mass is 266 g/mol. The standard InChI is InChI=1S/C16H30OSi/c1-7-8-10-16(12-14(2)3)13-15(4)9-11-18(5,6)17-16/h9H,2,7-8,10-13H2,1,3-6H3/t16-/m1/s1. The van der Waals surface area contributed by atoms with E-state index in [2.05, 4.69) is 46.5 Å². The molecule has 1 aliphatic rings.